The van der Waals surface area contributed by atoms with E-state index in [4.69, 9.17) is 11.6 Å². The zero-order valence-corrected chi connectivity index (χ0v) is 12.1. The summed E-state index contributed by atoms with van der Waals surface area (Å²) in [6.45, 7) is 0. The first-order valence-corrected chi connectivity index (χ1v) is 7.12. The van der Waals surface area contributed by atoms with Crippen molar-refractivity contribution in [2.75, 3.05) is 12.4 Å². The van der Waals surface area contributed by atoms with Crippen LogP contribution < -0.4 is 10.6 Å². The monoisotopic (exact) mass is 307 g/mol. The van der Waals surface area contributed by atoms with Crippen LogP contribution in [0.2, 0.25) is 5.02 Å². The lowest BCUT2D eigenvalue weighted by atomic mass is 10.0. The molecule has 1 heterocycles. The number of anilines is 1. The Morgan fingerprint density at radius 2 is 2.10 bits per heavy atom. The fraction of sp³-hybridized carbons (Fsp3) is 0.0714. The van der Waals surface area contributed by atoms with Crippen molar-refractivity contribution in [1.29, 1.82) is 0 Å². The van der Waals surface area contributed by atoms with Gasteiger partial charge in [-0.15, -0.1) is 0 Å². The molecule has 0 bridgehead atoms. The molecular weight excluding hydrogens is 297 g/mol. The number of hydrogen-bond acceptors (Lipinski definition) is 4. The van der Waals surface area contributed by atoms with E-state index in [9.17, 15) is 4.39 Å². The molecule has 2 aromatic carbocycles. The predicted octanol–water partition coefficient (Wildman–Crippen LogP) is 4.15. The summed E-state index contributed by atoms with van der Waals surface area (Å²) < 4.78 is 17.5. The Labute approximate surface area is 125 Å². The molecule has 20 heavy (non-hydrogen) atoms. The zero-order chi connectivity index (χ0) is 14.1. The topological polar surface area (TPSA) is 36.4 Å². The van der Waals surface area contributed by atoms with Crippen molar-refractivity contribution in [2.45, 2.75) is 4.90 Å². The van der Waals surface area contributed by atoms with Crippen molar-refractivity contribution >= 4 is 35.2 Å². The highest BCUT2D eigenvalue weighted by Gasteiger charge is 2.17. The quantitative estimate of drug-likeness (QED) is 0.777. The molecule has 0 atom stereocenters. The van der Waals surface area contributed by atoms with E-state index in [2.05, 4.69) is 15.0 Å². The average molecular weight is 308 g/mol. The number of benzene rings is 2. The Kier molecular flexibility index (Phi) is 3.54. The summed E-state index contributed by atoms with van der Waals surface area (Å²) in [6, 6.07) is 10.3. The number of nitrogens with one attached hydrogen (secondary N) is 2. The van der Waals surface area contributed by atoms with Crippen LogP contribution in [-0.2, 0) is 0 Å². The summed E-state index contributed by atoms with van der Waals surface area (Å²) >= 11 is 7.54. The second-order valence-corrected chi connectivity index (χ2v) is 5.42. The molecule has 2 aromatic rings. The Morgan fingerprint density at radius 1 is 1.25 bits per heavy atom. The van der Waals surface area contributed by atoms with Crippen LogP contribution in [0.5, 0.6) is 0 Å². The fourth-order valence-corrected chi connectivity index (χ4v) is 3.00. The van der Waals surface area contributed by atoms with Crippen molar-refractivity contribution in [3.05, 3.63) is 47.2 Å². The van der Waals surface area contributed by atoms with Crippen LogP contribution in [0.15, 0.2) is 45.7 Å². The van der Waals surface area contributed by atoms with Crippen molar-refractivity contribution < 1.29 is 4.39 Å². The summed E-state index contributed by atoms with van der Waals surface area (Å²) in [5.41, 5.74) is 2.63. The third-order valence-corrected chi connectivity index (χ3v) is 4.09. The smallest absolute Gasteiger partial charge is 0.207 e. The summed E-state index contributed by atoms with van der Waals surface area (Å²) in [5, 5.41) is 6.58. The van der Waals surface area contributed by atoms with Crippen molar-refractivity contribution in [3.8, 4) is 11.1 Å². The van der Waals surface area contributed by atoms with Crippen molar-refractivity contribution in [1.82, 2.24) is 5.32 Å². The number of hydrogen-bond donors (Lipinski definition) is 2. The molecule has 0 aliphatic carbocycles. The molecular formula is C14H11ClFN3S. The molecule has 0 radical (unpaired) electrons. The van der Waals surface area contributed by atoms with E-state index in [1.807, 2.05) is 18.2 Å². The average Bonchev–Trinajstić information content (AvgIpc) is 2.46. The molecule has 0 spiro atoms. The number of fused-ring (bicyclic) bond motifs is 1. The van der Waals surface area contributed by atoms with Gasteiger partial charge in [0.25, 0.3) is 0 Å². The molecule has 102 valence electrons. The Hall–Kier alpha value is -1.72. The van der Waals surface area contributed by atoms with Gasteiger partial charge in [0.2, 0.25) is 5.96 Å². The van der Waals surface area contributed by atoms with Crippen LogP contribution in [0.1, 0.15) is 0 Å². The lowest BCUT2D eigenvalue weighted by Gasteiger charge is -2.20. The van der Waals surface area contributed by atoms with Crippen LogP contribution in [-0.4, -0.2) is 13.0 Å². The Bertz CT molecular complexity index is 703. The highest BCUT2D eigenvalue weighted by atomic mass is 35.5. The van der Waals surface area contributed by atoms with Gasteiger partial charge in [-0.3, -0.25) is 0 Å². The van der Waals surface area contributed by atoms with Crippen LogP contribution in [0.25, 0.3) is 11.1 Å². The van der Waals surface area contributed by atoms with Gasteiger partial charge in [0, 0.05) is 30.1 Å². The Balaban J connectivity index is 2.12. The van der Waals surface area contributed by atoms with Gasteiger partial charge in [-0.25, -0.2) is 4.39 Å². The van der Waals surface area contributed by atoms with E-state index in [-0.39, 0.29) is 5.82 Å². The van der Waals surface area contributed by atoms with Crippen LogP contribution in [0.4, 0.5) is 10.1 Å². The Morgan fingerprint density at radius 3 is 2.85 bits per heavy atom. The molecule has 0 fully saturated rings. The van der Waals surface area contributed by atoms with Gasteiger partial charge in [-0.2, -0.15) is 4.40 Å². The minimum atomic E-state index is -0.344. The second-order valence-electron chi connectivity index (χ2n) is 4.21. The fourth-order valence-electron chi connectivity index (χ4n) is 2.01. The third-order valence-electron chi connectivity index (χ3n) is 2.96. The first-order valence-electron chi connectivity index (χ1n) is 5.97. The van der Waals surface area contributed by atoms with E-state index in [0.29, 0.717) is 11.0 Å². The summed E-state index contributed by atoms with van der Waals surface area (Å²) in [5.74, 6) is 0.330. The number of nitrogens with zero attached hydrogens (tertiary/aromatic N) is 1. The molecule has 3 rings (SSSR count). The lowest BCUT2D eigenvalue weighted by molar-refractivity contribution is 0.628. The molecule has 0 unspecified atom stereocenters. The minimum Gasteiger partial charge on any atom is -0.358 e. The van der Waals surface area contributed by atoms with Gasteiger partial charge in [-0.05, 0) is 24.3 Å². The zero-order valence-electron chi connectivity index (χ0n) is 10.6. The van der Waals surface area contributed by atoms with Gasteiger partial charge in [0.1, 0.15) is 5.82 Å². The van der Waals surface area contributed by atoms with Gasteiger partial charge in [-0.1, -0.05) is 23.7 Å². The molecule has 0 saturated heterocycles. The third kappa shape index (κ3) is 2.34. The number of para-hydroxylation sites is 1. The van der Waals surface area contributed by atoms with Crippen molar-refractivity contribution in [2.24, 2.45) is 4.40 Å². The van der Waals surface area contributed by atoms with Crippen LogP contribution in [0, 0.1) is 5.82 Å². The van der Waals surface area contributed by atoms with Gasteiger partial charge < -0.3 is 10.6 Å². The second kappa shape index (κ2) is 5.34. The van der Waals surface area contributed by atoms with E-state index in [1.165, 1.54) is 24.1 Å². The van der Waals surface area contributed by atoms with Gasteiger partial charge in [0.15, 0.2) is 0 Å². The molecule has 1 aliphatic heterocycles. The first kappa shape index (κ1) is 13.3. The minimum absolute atomic E-state index is 0.344. The maximum absolute atomic E-state index is 13.2. The molecule has 0 saturated carbocycles. The summed E-state index contributed by atoms with van der Waals surface area (Å²) in [4.78, 5) is 1.00. The van der Waals surface area contributed by atoms with Gasteiger partial charge >= 0.3 is 0 Å². The molecule has 0 aromatic heterocycles. The highest BCUT2D eigenvalue weighted by molar-refractivity contribution is 7.98. The first-order chi connectivity index (χ1) is 9.69. The predicted molar refractivity (Wildman–Crippen MR) is 82.8 cm³/mol. The van der Waals surface area contributed by atoms with Crippen molar-refractivity contribution in [3.63, 3.8) is 0 Å². The van der Waals surface area contributed by atoms with E-state index in [0.717, 1.165) is 21.7 Å². The largest absolute Gasteiger partial charge is 0.358 e. The van der Waals surface area contributed by atoms with E-state index in [1.54, 1.807) is 13.1 Å². The maximum atomic E-state index is 13.2. The van der Waals surface area contributed by atoms with Crippen LogP contribution in [0.3, 0.4) is 0 Å². The SMILES string of the molecule is CNC1=NSc2cccc(-c3ccc(F)cc3Cl)c2N1. The molecule has 2 N–H and O–H groups in total. The molecule has 6 heteroatoms. The summed E-state index contributed by atoms with van der Waals surface area (Å²) in [7, 11) is 1.80. The van der Waals surface area contributed by atoms with Crippen LogP contribution >= 0.6 is 23.5 Å². The normalized spacial score (nSPS) is 13.2. The highest BCUT2D eigenvalue weighted by Crippen LogP contribution is 2.41. The summed E-state index contributed by atoms with van der Waals surface area (Å²) in [6.07, 6.45) is 0. The van der Waals surface area contributed by atoms with Gasteiger partial charge in [0.05, 0.1) is 15.6 Å². The molecule has 3 nitrogen and oxygen atoms in total. The standard InChI is InChI=1S/C14H11ClFN3S/c1-17-14-18-13-10(3-2-4-12(13)20-19-14)9-6-5-8(16)7-11(9)15/h2-7H,1H3,(H2,17,18,19). The number of guanidine groups is 1. The maximum Gasteiger partial charge on any atom is 0.207 e. The molecule has 0 amide bonds. The molecule has 1 aliphatic rings. The lowest BCUT2D eigenvalue weighted by Crippen LogP contribution is -2.28. The van der Waals surface area contributed by atoms with E-state index >= 15 is 0 Å². The number of halogens is 2. The van der Waals surface area contributed by atoms with E-state index < -0.39 is 0 Å². The number of rotatable bonds is 1.